The van der Waals surface area contributed by atoms with E-state index < -0.39 is 0 Å². The Morgan fingerprint density at radius 2 is 2.38 bits per heavy atom. The zero-order valence-corrected chi connectivity index (χ0v) is 8.38. The monoisotopic (exact) mass is 184 g/mol. The topological polar surface area (TPSA) is 47.3 Å². The van der Waals surface area contributed by atoms with Crippen LogP contribution in [0.2, 0.25) is 0 Å². The van der Waals surface area contributed by atoms with E-state index in [0.29, 0.717) is 6.54 Å². The predicted octanol–water partition coefficient (Wildman–Crippen LogP) is 0.350. The molecular formula is C10H20N2O. The molecule has 2 aliphatic rings. The third kappa shape index (κ3) is 2.03. The standard InChI is InChI=1S/C10H20N2O/c1-8-4-9(8)5-12-10(6-11)2-3-13-7-10/h8-9,12H,2-7,11H2,1H3. The van der Waals surface area contributed by atoms with E-state index in [9.17, 15) is 0 Å². The lowest BCUT2D eigenvalue weighted by Crippen LogP contribution is -2.52. The molecule has 1 aliphatic carbocycles. The van der Waals surface area contributed by atoms with E-state index in [1.54, 1.807) is 0 Å². The van der Waals surface area contributed by atoms with E-state index in [1.807, 2.05) is 0 Å². The highest BCUT2D eigenvalue weighted by Crippen LogP contribution is 2.37. The van der Waals surface area contributed by atoms with Gasteiger partial charge >= 0.3 is 0 Å². The van der Waals surface area contributed by atoms with Crippen LogP contribution in [-0.4, -0.2) is 31.8 Å². The van der Waals surface area contributed by atoms with Gasteiger partial charge < -0.3 is 15.8 Å². The van der Waals surface area contributed by atoms with Crippen molar-refractivity contribution in [1.82, 2.24) is 5.32 Å². The zero-order chi connectivity index (χ0) is 9.31. The van der Waals surface area contributed by atoms with Crippen molar-refractivity contribution in [3.05, 3.63) is 0 Å². The third-order valence-corrected chi connectivity index (χ3v) is 3.51. The lowest BCUT2D eigenvalue weighted by molar-refractivity contribution is 0.168. The van der Waals surface area contributed by atoms with E-state index >= 15 is 0 Å². The van der Waals surface area contributed by atoms with Crippen molar-refractivity contribution < 1.29 is 4.74 Å². The van der Waals surface area contributed by atoms with E-state index in [0.717, 1.165) is 38.0 Å². The SMILES string of the molecule is CC1CC1CNC1(CN)CCOC1. The second-order valence-corrected chi connectivity index (χ2v) is 4.64. The first-order chi connectivity index (χ1) is 6.26. The molecule has 13 heavy (non-hydrogen) atoms. The molecule has 1 heterocycles. The summed E-state index contributed by atoms with van der Waals surface area (Å²) in [6.07, 6.45) is 2.46. The lowest BCUT2D eigenvalue weighted by Gasteiger charge is -2.27. The van der Waals surface area contributed by atoms with Crippen LogP contribution in [-0.2, 0) is 4.74 Å². The average Bonchev–Trinajstić information content (AvgIpc) is 2.69. The maximum absolute atomic E-state index is 5.77. The summed E-state index contributed by atoms with van der Waals surface area (Å²) in [5.41, 5.74) is 5.87. The fourth-order valence-electron chi connectivity index (χ4n) is 2.01. The van der Waals surface area contributed by atoms with Gasteiger partial charge in [-0.05, 0) is 31.2 Å². The Kier molecular flexibility index (Phi) is 2.58. The molecule has 0 spiro atoms. The summed E-state index contributed by atoms with van der Waals surface area (Å²) in [4.78, 5) is 0. The molecule has 3 unspecified atom stereocenters. The van der Waals surface area contributed by atoms with Gasteiger partial charge in [0.05, 0.1) is 12.1 Å². The Labute approximate surface area is 80.0 Å². The van der Waals surface area contributed by atoms with Gasteiger partial charge in [0, 0.05) is 13.2 Å². The van der Waals surface area contributed by atoms with Crippen molar-refractivity contribution in [1.29, 1.82) is 0 Å². The maximum atomic E-state index is 5.77. The van der Waals surface area contributed by atoms with Crippen LogP contribution in [0.4, 0.5) is 0 Å². The molecule has 1 saturated carbocycles. The minimum atomic E-state index is 0.0995. The molecule has 0 aromatic rings. The first-order valence-corrected chi connectivity index (χ1v) is 5.29. The molecule has 3 heteroatoms. The van der Waals surface area contributed by atoms with Crippen LogP contribution in [0, 0.1) is 11.8 Å². The number of ether oxygens (including phenoxy) is 1. The largest absolute Gasteiger partial charge is 0.379 e. The van der Waals surface area contributed by atoms with Crippen molar-refractivity contribution in [2.45, 2.75) is 25.3 Å². The van der Waals surface area contributed by atoms with Crippen LogP contribution in [0.25, 0.3) is 0 Å². The zero-order valence-electron chi connectivity index (χ0n) is 8.38. The smallest absolute Gasteiger partial charge is 0.0661 e. The molecule has 0 amide bonds. The van der Waals surface area contributed by atoms with Crippen LogP contribution in [0.1, 0.15) is 19.8 Å². The number of rotatable bonds is 4. The summed E-state index contributed by atoms with van der Waals surface area (Å²) >= 11 is 0. The van der Waals surface area contributed by atoms with Crippen molar-refractivity contribution in [2.24, 2.45) is 17.6 Å². The van der Waals surface area contributed by atoms with Crippen LogP contribution in [0.15, 0.2) is 0 Å². The highest BCUT2D eigenvalue weighted by Gasteiger charge is 2.37. The quantitative estimate of drug-likeness (QED) is 0.663. The Bertz CT molecular complexity index is 178. The molecule has 2 fully saturated rings. The van der Waals surface area contributed by atoms with E-state index in [4.69, 9.17) is 10.5 Å². The Morgan fingerprint density at radius 1 is 1.62 bits per heavy atom. The molecule has 0 radical (unpaired) electrons. The molecule has 0 aromatic carbocycles. The molecule has 0 aromatic heterocycles. The molecule has 2 rings (SSSR count). The molecule has 76 valence electrons. The summed E-state index contributed by atoms with van der Waals surface area (Å²) in [6, 6.07) is 0. The minimum absolute atomic E-state index is 0.0995. The number of nitrogens with one attached hydrogen (secondary N) is 1. The summed E-state index contributed by atoms with van der Waals surface area (Å²) in [6.45, 7) is 5.80. The normalized spacial score (nSPS) is 43.8. The fraction of sp³-hybridized carbons (Fsp3) is 1.00. The van der Waals surface area contributed by atoms with Gasteiger partial charge in [0.25, 0.3) is 0 Å². The van der Waals surface area contributed by atoms with Gasteiger partial charge in [-0.3, -0.25) is 0 Å². The van der Waals surface area contributed by atoms with Gasteiger partial charge in [-0.1, -0.05) is 6.92 Å². The van der Waals surface area contributed by atoms with Crippen LogP contribution in [0.3, 0.4) is 0 Å². The van der Waals surface area contributed by atoms with Gasteiger partial charge in [0.1, 0.15) is 0 Å². The highest BCUT2D eigenvalue weighted by atomic mass is 16.5. The summed E-state index contributed by atoms with van der Waals surface area (Å²) in [5, 5.41) is 3.59. The first-order valence-electron chi connectivity index (χ1n) is 5.29. The average molecular weight is 184 g/mol. The van der Waals surface area contributed by atoms with Gasteiger partial charge in [-0.15, -0.1) is 0 Å². The van der Waals surface area contributed by atoms with Crippen LogP contribution in [0.5, 0.6) is 0 Å². The number of hydrogen-bond donors (Lipinski definition) is 2. The number of nitrogens with two attached hydrogens (primary N) is 1. The molecule has 3 atom stereocenters. The Hall–Kier alpha value is -0.120. The Balaban J connectivity index is 1.77. The van der Waals surface area contributed by atoms with Crippen LogP contribution >= 0.6 is 0 Å². The van der Waals surface area contributed by atoms with Gasteiger partial charge in [0.2, 0.25) is 0 Å². The molecule has 1 aliphatic heterocycles. The summed E-state index contributed by atoms with van der Waals surface area (Å²) in [7, 11) is 0. The van der Waals surface area contributed by atoms with E-state index in [1.165, 1.54) is 6.42 Å². The van der Waals surface area contributed by atoms with Gasteiger partial charge in [-0.2, -0.15) is 0 Å². The van der Waals surface area contributed by atoms with E-state index in [-0.39, 0.29) is 5.54 Å². The number of hydrogen-bond acceptors (Lipinski definition) is 3. The van der Waals surface area contributed by atoms with Crippen molar-refractivity contribution >= 4 is 0 Å². The second kappa shape index (κ2) is 3.56. The molecular weight excluding hydrogens is 164 g/mol. The summed E-state index contributed by atoms with van der Waals surface area (Å²) in [5.74, 6) is 1.81. The Morgan fingerprint density at radius 3 is 2.85 bits per heavy atom. The molecule has 3 nitrogen and oxygen atoms in total. The second-order valence-electron chi connectivity index (χ2n) is 4.64. The minimum Gasteiger partial charge on any atom is -0.379 e. The van der Waals surface area contributed by atoms with Crippen molar-refractivity contribution in [2.75, 3.05) is 26.3 Å². The third-order valence-electron chi connectivity index (χ3n) is 3.51. The molecule has 3 N–H and O–H groups in total. The summed E-state index contributed by atoms with van der Waals surface area (Å²) < 4.78 is 5.39. The highest BCUT2D eigenvalue weighted by molar-refractivity contribution is 4.95. The van der Waals surface area contributed by atoms with Crippen LogP contribution < -0.4 is 11.1 Å². The van der Waals surface area contributed by atoms with Crippen molar-refractivity contribution in [3.63, 3.8) is 0 Å². The molecule has 1 saturated heterocycles. The van der Waals surface area contributed by atoms with Crippen molar-refractivity contribution in [3.8, 4) is 0 Å². The maximum Gasteiger partial charge on any atom is 0.0661 e. The lowest BCUT2D eigenvalue weighted by atomic mass is 9.99. The predicted molar refractivity (Wildman–Crippen MR) is 52.5 cm³/mol. The van der Waals surface area contributed by atoms with E-state index in [2.05, 4.69) is 12.2 Å². The van der Waals surface area contributed by atoms with Gasteiger partial charge in [-0.25, -0.2) is 0 Å². The molecule has 0 bridgehead atoms. The fourth-order valence-corrected chi connectivity index (χ4v) is 2.01. The first kappa shape index (κ1) is 9.44. The van der Waals surface area contributed by atoms with Gasteiger partial charge in [0.15, 0.2) is 0 Å².